The summed E-state index contributed by atoms with van der Waals surface area (Å²) < 4.78 is 0. The largest absolute Gasteiger partial charge is 0.465 e. The van der Waals surface area contributed by atoms with Gasteiger partial charge >= 0.3 is 6.09 Å². The van der Waals surface area contributed by atoms with Crippen LogP contribution in [0.1, 0.15) is 13.3 Å². The molecule has 1 heterocycles. The number of nitrogens with zero attached hydrogens (tertiary/aromatic N) is 1. The second-order valence-corrected chi connectivity index (χ2v) is 2.73. The lowest BCUT2D eigenvalue weighted by atomic mass is 10.0. The molecular formula is C7H14N2O2. The van der Waals surface area contributed by atoms with E-state index in [1.807, 2.05) is 6.92 Å². The number of carboxylic acid groups (broad SMARTS) is 1. The van der Waals surface area contributed by atoms with E-state index >= 15 is 0 Å². The fourth-order valence-electron chi connectivity index (χ4n) is 1.22. The van der Waals surface area contributed by atoms with Gasteiger partial charge in [0.25, 0.3) is 0 Å². The molecule has 1 rings (SSSR count). The molecule has 0 aliphatic carbocycles. The summed E-state index contributed by atoms with van der Waals surface area (Å²) >= 11 is 0. The number of nitrogens with one attached hydrogen (secondary N) is 1. The molecule has 0 saturated carbocycles. The maximum Gasteiger partial charge on any atom is 0.407 e. The van der Waals surface area contributed by atoms with Gasteiger partial charge < -0.3 is 15.3 Å². The lowest BCUT2D eigenvalue weighted by Gasteiger charge is -2.38. The van der Waals surface area contributed by atoms with Crippen LogP contribution in [0.5, 0.6) is 0 Å². The van der Waals surface area contributed by atoms with Gasteiger partial charge in [-0.25, -0.2) is 4.79 Å². The van der Waals surface area contributed by atoms with Crippen molar-refractivity contribution in [3.8, 4) is 0 Å². The maximum atomic E-state index is 10.5. The molecule has 0 aromatic carbocycles. The van der Waals surface area contributed by atoms with E-state index in [1.165, 1.54) is 4.90 Å². The van der Waals surface area contributed by atoms with Crippen molar-refractivity contribution < 1.29 is 9.90 Å². The first-order valence-corrected chi connectivity index (χ1v) is 3.96. The van der Waals surface area contributed by atoms with Gasteiger partial charge in [0.15, 0.2) is 0 Å². The van der Waals surface area contributed by atoms with Crippen molar-refractivity contribution in [2.75, 3.05) is 19.6 Å². The Morgan fingerprint density at radius 3 is 2.91 bits per heavy atom. The highest BCUT2D eigenvalue weighted by atomic mass is 16.4. The Kier molecular flexibility index (Phi) is 2.70. The van der Waals surface area contributed by atoms with E-state index in [9.17, 15) is 4.79 Å². The highest BCUT2D eigenvalue weighted by molar-refractivity contribution is 5.66. The van der Waals surface area contributed by atoms with Gasteiger partial charge in [-0.1, -0.05) is 6.92 Å². The predicted molar refractivity (Wildman–Crippen MR) is 41.7 cm³/mol. The first-order chi connectivity index (χ1) is 5.25. The summed E-state index contributed by atoms with van der Waals surface area (Å²) in [4.78, 5) is 11.9. The molecule has 1 amide bonds. The number of hydrogen-bond acceptors (Lipinski definition) is 2. The fraction of sp³-hybridized carbons (Fsp3) is 0.857. The zero-order chi connectivity index (χ0) is 8.27. The Bertz CT molecular complexity index is 149. The average Bonchev–Trinajstić information content (AvgIpc) is 1.84. The van der Waals surface area contributed by atoms with Crippen LogP contribution in [0.25, 0.3) is 0 Å². The van der Waals surface area contributed by atoms with E-state index < -0.39 is 6.09 Å². The normalized spacial score (nSPS) is 23.0. The van der Waals surface area contributed by atoms with Gasteiger partial charge in [-0.15, -0.1) is 0 Å². The van der Waals surface area contributed by atoms with Crippen LogP contribution >= 0.6 is 0 Å². The van der Waals surface area contributed by atoms with Crippen molar-refractivity contribution in [2.45, 2.75) is 19.4 Å². The van der Waals surface area contributed by atoms with Crippen molar-refractivity contribution in [3.05, 3.63) is 0 Å². The number of carbonyl (C=O) groups is 1. The lowest BCUT2D eigenvalue weighted by molar-refractivity contribution is 0.0755. The van der Waals surface area contributed by atoms with Crippen molar-refractivity contribution in [2.24, 2.45) is 0 Å². The van der Waals surface area contributed by atoms with Gasteiger partial charge in [-0.3, -0.25) is 0 Å². The molecule has 4 heteroatoms. The Balaban J connectivity index is 2.20. The summed E-state index contributed by atoms with van der Waals surface area (Å²) in [6.45, 7) is 4.42. The molecular weight excluding hydrogens is 144 g/mol. The SMILES string of the molecule is CCNCC1CCN1C(=O)O. The smallest absolute Gasteiger partial charge is 0.407 e. The number of likely N-dealkylation sites (N-methyl/N-ethyl adjacent to an activating group) is 1. The van der Waals surface area contributed by atoms with Crippen molar-refractivity contribution in [1.82, 2.24) is 10.2 Å². The third-order valence-electron chi connectivity index (χ3n) is 2.02. The molecule has 0 spiro atoms. The summed E-state index contributed by atoms with van der Waals surface area (Å²) in [5, 5.41) is 11.7. The lowest BCUT2D eigenvalue weighted by Crippen LogP contribution is -2.54. The molecule has 1 aliphatic rings. The summed E-state index contributed by atoms with van der Waals surface area (Å²) in [6.07, 6.45) is 0.207. The number of likely N-dealkylation sites (tertiary alicyclic amines) is 1. The van der Waals surface area contributed by atoms with E-state index in [2.05, 4.69) is 5.32 Å². The first kappa shape index (κ1) is 8.33. The Morgan fingerprint density at radius 2 is 2.55 bits per heavy atom. The molecule has 2 N–H and O–H groups in total. The van der Waals surface area contributed by atoms with Crippen LogP contribution < -0.4 is 5.32 Å². The van der Waals surface area contributed by atoms with Crippen molar-refractivity contribution >= 4 is 6.09 Å². The molecule has 1 atom stereocenters. The van der Waals surface area contributed by atoms with E-state index in [4.69, 9.17) is 5.11 Å². The zero-order valence-corrected chi connectivity index (χ0v) is 6.71. The molecule has 1 aliphatic heterocycles. The highest BCUT2D eigenvalue weighted by Gasteiger charge is 2.30. The molecule has 0 bridgehead atoms. The quantitative estimate of drug-likeness (QED) is 0.623. The molecule has 0 aromatic heterocycles. The Labute approximate surface area is 66.2 Å². The molecule has 1 unspecified atom stereocenters. The van der Waals surface area contributed by atoms with Gasteiger partial charge in [-0.2, -0.15) is 0 Å². The third-order valence-corrected chi connectivity index (χ3v) is 2.02. The van der Waals surface area contributed by atoms with Crippen LogP contribution in [0.15, 0.2) is 0 Å². The van der Waals surface area contributed by atoms with Crippen LogP contribution in [-0.4, -0.2) is 41.8 Å². The first-order valence-electron chi connectivity index (χ1n) is 3.96. The maximum absolute atomic E-state index is 10.5. The minimum absolute atomic E-state index is 0.215. The Hall–Kier alpha value is -0.770. The van der Waals surface area contributed by atoms with Gasteiger partial charge in [-0.05, 0) is 13.0 Å². The standard InChI is InChI=1S/C7H14N2O2/c1-2-8-5-6-3-4-9(6)7(10)11/h6,8H,2-5H2,1H3,(H,10,11). The molecule has 0 radical (unpaired) electrons. The zero-order valence-electron chi connectivity index (χ0n) is 6.71. The van der Waals surface area contributed by atoms with Crippen LogP contribution in [0.2, 0.25) is 0 Å². The summed E-state index contributed by atoms with van der Waals surface area (Å²) in [6, 6.07) is 0.215. The van der Waals surface area contributed by atoms with Gasteiger partial charge in [0.05, 0.1) is 0 Å². The molecule has 1 fully saturated rings. The fourth-order valence-corrected chi connectivity index (χ4v) is 1.22. The minimum Gasteiger partial charge on any atom is -0.465 e. The van der Waals surface area contributed by atoms with Crippen LogP contribution in [0, 0.1) is 0 Å². The number of rotatable bonds is 3. The van der Waals surface area contributed by atoms with Crippen LogP contribution in [-0.2, 0) is 0 Å². The monoisotopic (exact) mass is 158 g/mol. The van der Waals surface area contributed by atoms with Gasteiger partial charge in [0.1, 0.15) is 0 Å². The second-order valence-electron chi connectivity index (χ2n) is 2.73. The van der Waals surface area contributed by atoms with Crippen LogP contribution in [0.3, 0.4) is 0 Å². The minimum atomic E-state index is -0.792. The number of amides is 1. The van der Waals surface area contributed by atoms with E-state index in [0.29, 0.717) is 6.54 Å². The molecule has 0 aromatic rings. The second kappa shape index (κ2) is 3.57. The van der Waals surface area contributed by atoms with E-state index in [1.54, 1.807) is 0 Å². The highest BCUT2D eigenvalue weighted by Crippen LogP contribution is 2.15. The predicted octanol–water partition coefficient (Wildman–Crippen LogP) is 0.348. The molecule has 64 valence electrons. The summed E-state index contributed by atoms with van der Waals surface area (Å²) in [5.41, 5.74) is 0. The Morgan fingerprint density at radius 1 is 1.82 bits per heavy atom. The number of hydrogen-bond donors (Lipinski definition) is 2. The summed E-state index contributed by atoms with van der Waals surface area (Å²) in [7, 11) is 0. The summed E-state index contributed by atoms with van der Waals surface area (Å²) in [5.74, 6) is 0. The third kappa shape index (κ3) is 1.83. The van der Waals surface area contributed by atoms with Crippen LogP contribution in [0.4, 0.5) is 4.79 Å². The van der Waals surface area contributed by atoms with E-state index in [0.717, 1.165) is 19.5 Å². The molecule has 1 saturated heterocycles. The van der Waals surface area contributed by atoms with Gasteiger partial charge in [0.2, 0.25) is 0 Å². The van der Waals surface area contributed by atoms with Crippen molar-refractivity contribution in [3.63, 3.8) is 0 Å². The van der Waals surface area contributed by atoms with E-state index in [-0.39, 0.29) is 6.04 Å². The average molecular weight is 158 g/mol. The molecule has 11 heavy (non-hydrogen) atoms. The van der Waals surface area contributed by atoms with Gasteiger partial charge in [0, 0.05) is 19.1 Å². The molecule has 4 nitrogen and oxygen atoms in total. The van der Waals surface area contributed by atoms with Crippen molar-refractivity contribution in [1.29, 1.82) is 0 Å². The topological polar surface area (TPSA) is 52.6 Å².